The number of benzene rings is 2. The van der Waals surface area contributed by atoms with Crippen LogP contribution in [0.15, 0.2) is 35.4 Å². The van der Waals surface area contributed by atoms with E-state index in [1.165, 1.54) is 25.5 Å². The molecule has 32 heavy (non-hydrogen) atoms. The molecule has 4 rings (SSSR count). The average Bonchev–Trinajstić information content (AvgIpc) is 3.19. The number of hydrogen-bond donors (Lipinski definition) is 2. The normalized spacial score (nSPS) is 17.1. The summed E-state index contributed by atoms with van der Waals surface area (Å²) in [5.74, 6) is -1.86. The van der Waals surface area contributed by atoms with Crippen molar-refractivity contribution in [3.63, 3.8) is 0 Å². The quantitative estimate of drug-likeness (QED) is 0.575. The number of aryl methyl sites for hydroxylation is 1. The first-order chi connectivity index (χ1) is 15.1. The van der Waals surface area contributed by atoms with E-state index < -0.39 is 39.3 Å². The summed E-state index contributed by atoms with van der Waals surface area (Å²) in [6, 6.07) is 4.66. The van der Waals surface area contributed by atoms with Gasteiger partial charge in [0.05, 0.1) is 33.9 Å². The molecule has 0 bridgehead atoms. The van der Waals surface area contributed by atoms with Crippen LogP contribution in [0.3, 0.4) is 0 Å². The van der Waals surface area contributed by atoms with Gasteiger partial charge in [-0.3, -0.25) is 9.52 Å². The second-order valence-corrected chi connectivity index (χ2v) is 9.29. The standard InChI is InChI=1S/C19H17ClF3N5O3S/c1-27-9-24-12-4-5-14(17(23)15(12)19(27)29)25-18-11(22)2-3-13(16(18)20)26-32(30,31)28-7-6-10(21)8-28/h2-5,9-10,25-26H,6-8H2,1H3. The topological polar surface area (TPSA) is 96.3 Å². The third-order valence-corrected chi connectivity index (χ3v) is 6.93. The van der Waals surface area contributed by atoms with Crippen LogP contribution in [0.2, 0.25) is 5.02 Å². The van der Waals surface area contributed by atoms with Gasteiger partial charge in [0.2, 0.25) is 0 Å². The molecule has 1 aliphatic heterocycles. The van der Waals surface area contributed by atoms with Gasteiger partial charge in [-0.1, -0.05) is 11.6 Å². The van der Waals surface area contributed by atoms with E-state index in [2.05, 4.69) is 15.0 Å². The molecule has 1 aromatic heterocycles. The van der Waals surface area contributed by atoms with Gasteiger partial charge >= 0.3 is 10.2 Å². The Hall–Kier alpha value is -2.83. The zero-order valence-electron chi connectivity index (χ0n) is 16.6. The SMILES string of the molecule is Cn1cnc2ccc(Nc3c(F)ccc(NS(=O)(=O)N4CCC(F)C4)c3Cl)c(F)c2c1=O. The highest BCUT2D eigenvalue weighted by Gasteiger charge is 2.32. The summed E-state index contributed by atoms with van der Waals surface area (Å²) in [4.78, 5) is 16.3. The molecule has 170 valence electrons. The molecular formula is C19H17ClF3N5O3S. The van der Waals surface area contributed by atoms with Gasteiger partial charge in [0.15, 0.2) is 5.82 Å². The number of halogens is 4. The van der Waals surface area contributed by atoms with E-state index in [1.807, 2.05) is 0 Å². The molecule has 0 saturated carbocycles. The monoisotopic (exact) mass is 487 g/mol. The van der Waals surface area contributed by atoms with Crippen molar-refractivity contribution in [2.24, 2.45) is 7.05 Å². The fraction of sp³-hybridized carbons (Fsp3) is 0.263. The molecule has 1 saturated heterocycles. The van der Waals surface area contributed by atoms with Crippen molar-refractivity contribution in [3.8, 4) is 0 Å². The summed E-state index contributed by atoms with van der Waals surface area (Å²) < 4.78 is 72.1. The Balaban J connectivity index is 1.70. The van der Waals surface area contributed by atoms with Gasteiger partial charge in [-0.2, -0.15) is 12.7 Å². The number of nitrogens with zero attached hydrogens (tertiary/aromatic N) is 3. The van der Waals surface area contributed by atoms with Crippen LogP contribution >= 0.6 is 11.6 Å². The van der Waals surface area contributed by atoms with Crippen molar-refractivity contribution in [2.75, 3.05) is 23.1 Å². The third kappa shape index (κ3) is 4.00. The maximum Gasteiger partial charge on any atom is 0.301 e. The van der Waals surface area contributed by atoms with Crippen molar-refractivity contribution in [2.45, 2.75) is 12.6 Å². The number of nitrogens with one attached hydrogen (secondary N) is 2. The first-order valence-corrected chi connectivity index (χ1v) is 11.2. The van der Waals surface area contributed by atoms with Crippen molar-refractivity contribution in [1.29, 1.82) is 0 Å². The van der Waals surface area contributed by atoms with Crippen molar-refractivity contribution in [3.05, 3.63) is 57.6 Å². The molecule has 1 fully saturated rings. The lowest BCUT2D eigenvalue weighted by atomic mass is 10.2. The minimum atomic E-state index is -4.14. The molecule has 2 heterocycles. The molecule has 0 spiro atoms. The molecule has 13 heteroatoms. The molecule has 1 aliphatic rings. The zero-order valence-corrected chi connectivity index (χ0v) is 18.1. The Bertz CT molecular complexity index is 1380. The van der Waals surface area contributed by atoms with Crippen LogP contribution in [0.5, 0.6) is 0 Å². The van der Waals surface area contributed by atoms with Gasteiger partial charge in [-0.05, 0) is 30.7 Å². The van der Waals surface area contributed by atoms with Gasteiger partial charge in [0.25, 0.3) is 5.56 Å². The summed E-state index contributed by atoms with van der Waals surface area (Å²) in [6.07, 6.45) is 0.0421. The van der Waals surface area contributed by atoms with Crippen molar-refractivity contribution < 1.29 is 21.6 Å². The Morgan fingerprint density at radius 1 is 1.19 bits per heavy atom. The highest BCUT2D eigenvalue weighted by molar-refractivity contribution is 7.90. The lowest BCUT2D eigenvalue weighted by molar-refractivity contribution is 0.343. The molecule has 1 atom stereocenters. The minimum absolute atomic E-state index is 0.00822. The molecule has 8 nitrogen and oxygen atoms in total. The second-order valence-electron chi connectivity index (χ2n) is 7.24. The number of rotatable bonds is 5. The van der Waals surface area contributed by atoms with Gasteiger partial charge in [0, 0.05) is 20.1 Å². The van der Waals surface area contributed by atoms with Crippen LogP contribution in [0.1, 0.15) is 6.42 Å². The van der Waals surface area contributed by atoms with Gasteiger partial charge in [-0.25, -0.2) is 18.2 Å². The van der Waals surface area contributed by atoms with Crippen molar-refractivity contribution in [1.82, 2.24) is 13.9 Å². The molecule has 2 N–H and O–H groups in total. The second kappa shape index (κ2) is 8.26. The summed E-state index contributed by atoms with van der Waals surface area (Å²) in [7, 11) is -2.73. The molecule has 3 aromatic rings. The Morgan fingerprint density at radius 3 is 2.59 bits per heavy atom. The zero-order chi connectivity index (χ0) is 23.2. The van der Waals surface area contributed by atoms with E-state index in [1.54, 1.807) is 0 Å². The van der Waals surface area contributed by atoms with Crippen LogP contribution in [0, 0.1) is 11.6 Å². The average molecular weight is 488 g/mol. The molecule has 2 aromatic carbocycles. The molecule has 0 amide bonds. The van der Waals surface area contributed by atoms with Crippen LogP contribution in [-0.4, -0.2) is 41.5 Å². The van der Waals surface area contributed by atoms with Crippen LogP contribution < -0.4 is 15.6 Å². The highest BCUT2D eigenvalue weighted by Crippen LogP contribution is 2.36. The first kappa shape index (κ1) is 22.4. The summed E-state index contributed by atoms with van der Waals surface area (Å²) in [5, 5.41) is 1.81. The summed E-state index contributed by atoms with van der Waals surface area (Å²) in [6.45, 7) is -0.309. The molecule has 1 unspecified atom stereocenters. The maximum absolute atomic E-state index is 15.0. The third-order valence-electron chi connectivity index (χ3n) is 5.05. The lowest BCUT2D eigenvalue weighted by Crippen LogP contribution is -2.34. The summed E-state index contributed by atoms with van der Waals surface area (Å²) >= 11 is 6.21. The van der Waals surface area contributed by atoms with E-state index in [4.69, 9.17) is 11.6 Å². The van der Waals surface area contributed by atoms with E-state index >= 15 is 4.39 Å². The minimum Gasteiger partial charge on any atom is -0.349 e. The van der Waals surface area contributed by atoms with E-state index in [0.717, 1.165) is 21.0 Å². The smallest absolute Gasteiger partial charge is 0.301 e. The largest absolute Gasteiger partial charge is 0.349 e. The number of alkyl halides is 1. The van der Waals surface area contributed by atoms with Crippen LogP contribution in [-0.2, 0) is 17.3 Å². The Morgan fingerprint density at radius 2 is 1.91 bits per heavy atom. The maximum atomic E-state index is 15.0. The van der Waals surface area contributed by atoms with Crippen LogP contribution in [0.25, 0.3) is 10.9 Å². The Kier molecular flexibility index (Phi) is 5.77. The van der Waals surface area contributed by atoms with Crippen molar-refractivity contribution >= 4 is 49.8 Å². The summed E-state index contributed by atoms with van der Waals surface area (Å²) in [5.41, 5.74) is -1.38. The van der Waals surface area contributed by atoms with Crippen LogP contribution in [0.4, 0.5) is 30.2 Å². The lowest BCUT2D eigenvalue weighted by Gasteiger charge is -2.19. The molecule has 0 aliphatic carbocycles. The van der Waals surface area contributed by atoms with Gasteiger partial charge in [-0.15, -0.1) is 0 Å². The fourth-order valence-corrected chi connectivity index (χ4v) is 4.93. The van der Waals surface area contributed by atoms with Gasteiger partial charge < -0.3 is 9.88 Å². The first-order valence-electron chi connectivity index (χ1n) is 9.39. The highest BCUT2D eigenvalue weighted by atomic mass is 35.5. The number of anilines is 3. The number of fused-ring (bicyclic) bond motifs is 1. The van der Waals surface area contributed by atoms with E-state index in [0.29, 0.717) is 0 Å². The number of aromatic nitrogens is 2. The number of hydrogen-bond acceptors (Lipinski definition) is 5. The predicted octanol–water partition coefficient (Wildman–Crippen LogP) is 3.31. The fourth-order valence-electron chi connectivity index (χ4n) is 3.34. The van der Waals surface area contributed by atoms with E-state index in [9.17, 15) is 22.0 Å². The predicted molar refractivity (Wildman–Crippen MR) is 115 cm³/mol. The van der Waals surface area contributed by atoms with Gasteiger partial charge in [0.1, 0.15) is 17.4 Å². The molecular weight excluding hydrogens is 471 g/mol. The Labute approximate surface area is 185 Å². The van der Waals surface area contributed by atoms with E-state index in [-0.39, 0.29) is 46.8 Å². The molecule has 0 radical (unpaired) electrons.